The lowest BCUT2D eigenvalue weighted by atomic mass is 10.1. The standard InChI is InChI=1S/C14H18F2N2O/c1-3-10(4-2)18-13(19)8-17-14(18)9-5-6-11(15)12(16)7-9/h5-7,10,14,17H,3-4,8H2,1-2H3. The van der Waals surface area contributed by atoms with E-state index in [0.29, 0.717) is 5.56 Å². The molecule has 1 aliphatic rings. The molecular formula is C14H18F2N2O. The number of carbonyl (C=O) groups is 1. The molecule has 0 spiro atoms. The Morgan fingerprint density at radius 2 is 2.00 bits per heavy atom. The van der Waals surface area contributed by atoms with E-state index in [-0.39, 0.29) is 24.7 Å². The van der Waals surface area contributed by atoms with Crippen LogP contribution in [-0.4, -0.2) is 23.4 Å². The van der Waals surface area contributed by atoms with Gasteiger partial charge in [-0.2, -0.15) is 0 Å². The van der Waals surface area contributed by atoms with Gasteiger partial charge in [0.1, 0.15) is 6.17 Å². The molecule has 5 heteroatoms. The fraction of sp³-hybridized carbons (Fsp3) is 0.500. The SMILES string of the molecule is CCC(CC)N1C(=O)CNC1c1ccc(F)c(F)c1. The maximum atomic E-state index is 13.3. The Bertz CT molecular complexity index is 475. The Kier molecular flexibility index (Phi) is 4.14. The van der Waals surface area contributed by atoms with Crippen LogP contribution in [0.1, 0.15) is 38.4 Å². The first kappa shape index (κ1) is 13.9. The Morgan fingerprint density at radius 1 is 1.32 bits per heavy atom. The van der Waals surface area contributed by atoms with E-state index in [9.17, 15) is 13.6 Å². The highest BCUT2D eigenvalue weighted by Gasteiger charge is 2.35. The maximum absolute atomic E-state index is 13.3. The molecule has 1 heterocycles. The third-order valence-corrected chi connectivity index (χ3v) is 3.61. The number of rotatable bonds is 4. The number of nitrogens with zero attached hydrogens (tertiary/aromatic N) is 1. The quantitative estimate of drug-likeness (QED) is 0.910. The molecule has 1 aromatic rings. The molecule has 1 aromatic carbocycles. The topological polar surface area (TPSA) is 32.3 Å². The summed E-state index contributed by atoms with van der Waals surface area (Å²) in [5, 5.41) is 3.06. The highest BCUT2D eigenvalue weighted by molar-refractivity contribution is 5.81. The number of halogens is 2. The molecule has 2 rings (SSSR count). The van der Waals surface area contributed by atoms with Crippen LogP contribution in [0.2, 0.25) is 0 Å². The van der Waals surface area contributed by atoms with Gasteiger partial charge in [-0.3, -0.25) is 10.1 Å². The van der Waals surface area contributed by atoms with E-state index in [4.69, 9.17) is 0 Å². The summed E-state index contributed by atoms with van der Waals surface area (Å²) in [5.41, 5.74) is 0.580. The van der Waals surface area contributed by atoms with Crippen molar-refractivity contribution < 1.29 is 13.6 Å². The molecule has 1 aliphatic heterocycles. The van der Waals surface area contributed by atoms with Crippen LogP contribution in [0, 0.1) is 11.6 Å². The molecule has 1 fully saturated rings. The first-order chi connectivity index (χ1) is 9.08. The lowest BCUT2D eigenvalue weighted by Crippen LogP contribution is -2.39. The largest absolute Gasteiger partial charge is 0.319 e. The predicted molar refractivity (Wildman–Crippen MR) is 68.3 cm³/mol. The number of benzene rings is 1. The number of nitrogens with one attached hydrogen (secondary N) is 1. The van der Waals surface area contributed by atoms with Crippen molar-refractivity contribution in [1.29, 1.82) is 0 Å². The zero-order valence-electron chi connectivity index (χ0n) is 11.1. The van der Waals surface area contributed by atoms with Crippen molar-refractivity contribution in [3.8, 4) is 0 Å². The van der Waals surface area contributed by atoms with Gasteiger partial charge in [-0.25, -0.2) is 8.78 Å². The van der Waals surface area contributed by atoms with Gasteiger partial charge >= 0.3 is 0 Å². The van der Waals surface area contributed by atoms with Gasteiger partial charge in [0.25, 0.3) is 0 Å². The smallest absolute Gasteiger partial charge is 0.238 e. The van der Waals surface area contributed by atoms with E-state index in [1.54, 1.807) is 4.90 Å². The van der Waals surface area contributed by atoms with Crippen LogP contribution in [0.4, 0.5) is 8.78 Å². The van der Waals surface area contributed by atoms with E-state index in [2.05, 4.69) is 5.32 Å². The Hall–Kier alpha value is -1.49. The number of amides is 1. The van der Waals surface area contributed by atoms with Crippen molar-refractivity contribution in [3.63, 3.8) is 0 Å². The minimum Gasteiger partial charge on any atom is -0.319 e. The first-order valence-corrected chi connectivity index (χ1v) is 6.58. The number of hydrogen-bond acceptors (Lipinski definition) is 2. The van der Waals surface area contributed by atoms with Crippen LogP contribution in [0.15, 0.2) is 18.2 Å². The summed E-state index contributed by atoms with van der Waals surface area (Å²) in [6.07, 6.45) is 1.31. The molecule has 0 radical (unpaired) electrons. The average molecular weight is 268 g/mol. The first-order valence-electron chi connectivity index (χ1n) is 6.58. The van der Waals surface area contributed by atoms with Gasteiger partial charge in [0.05, 0.1) is 6.54 Å². The summed E-state index contributed by atoms with van der Waals surface area (Å²) < 4.78 is 26.3. The van der Waals surface area contributed by atoms with Crippen LogP contribution in [0.3, 0.4) is 0 Å². The molecule has 104 valence electrons. The van der Waals surface area contributed by atoms with Crippen LogP contribution in [0.5, 0.6) is 0 Å². The Labute approximate surface area is 111 Å². The maximum Gasteiger partial charge on any atom is 0.238 e. The molecule has 3 nitrogen and oxygen atoms in total. The second kappa shape index (κ2) is 5.65. The molecule has 19 heavy (non-hydrogen) atoms. The van der Waals surface area contributed by atoms with E-state index in [1.165, 1.54) is 6.07 Å². The molecule has 0 bridgehead atoms. The van der Waals surface area contributed by atoms with Crippen LogP contribution >= 0.6 is 0 Å². The van der Waals surface area contributed by atoms with Gasteiger partial charge in [-0.15, -0.1) is 0 Å². The summed E-state index contributed by atoms with van der Waals surface area (Å²) in [6.45, 7) is 4.27. The van der Waals surface area contributed by atoms with Gasteiger partial charge in [0, 0.05) is 6.04 Å². The van der Waals surface area contributed by atoms with Gasteiger partial charge in [-0.1, -0.05) is 19.9 Å². The second-order valence-electron chi connectivity index (χ2n) is 4.73. The lowest BCUT2D eigenvalue weighted by molar-refractivity contribution is -0.130. The summed E-state index contributed by atoms with van der Waals surface area (Å²) in [4.78, 5) is 13.7. The summed E-state index contributed by atoms with van der Waals surface area (Å²) >= 11 is 0. The molecule has 1 unspecified atom stereocenters. The summed E-state index contributed by atoms with van der Waals surface area (Å²) in [5.74, 6) is -1.76. The normalized spacial score (nSPS) is 19.5. The van der Waals surface area contributed by atoms with E-state index >= 15 is 0 Å². The zero-order chi connectivity index (χ0) is 14.0. The molecule has 0 aliphatic carbocycles. The van der Waals surface area contributed by atoms with E-state index < -0.39 is 11.6 Å². The van der Waals surface area contributed by atoms with Crippen molar-refractivity contribution in [1.82, 2.24) is 10.2 Å². The van der Waals surface area contributed by atoms with E-state index in [0.717, 1.165) is 25.0 Å². The molecule has 0 aromatic heterocycles. The monoisotopic (exact) mass is 268 g/mol. The highest BCUT2D eigenvalue weighted by atomic mass is 19.2. The fourth-order valence-corrected chi connectivity index (χ4v) is 2.58. The number of carbonyl (C=O) groups excluding carboxylic acids is 1. The molecular weight excluding hydrogens is 250 g/mol. The summed E-state index contributed by atoms with van der Waals surface area (Å²) in [7, 11) is 0. The fourth-order valence-electron chi connectivity index (χ4n) is 2.58. The third-order valence-electron chi connectivity index (χ3n) is 3.61. The van der Waals surface area contributed by atoms with Crippen LogP contribution in [0.25, 0.3) is 0 Å². The van der Waals surface area contributed by atoms with Gasteiger partial charge < -0.3 is 4.90 Å². The second-order valence-corrected chi connectivity index (χ2v) is 4.73. The highest BCUT2D eigenvalue weighted by Crippen LogP contribution is 2.28. The molecule has 1 saturated heterocycles. The minimum atomic E-state index is -0.886. The Morgan fingerprint density at radius 3 is 2.58 bits per heavy atom. The van der Waals surface area contributed by atoms with Gasteiger partial charge in [-0.05, 0) is 30.5 Å². The van der Waals surface area contributed by atoms with Crippen LogP contribution < -0.4 is 5.32 Å². The van der Waals surface area contributed by atoms with Crippen molar-refractivity contribution in [3.05, 3.63) is 35.4 Å². The zero-order valence-corrected chi connectivity index (χ0v) is 11.1. The lowest BCUT2D eigenvalue weighted by Gasteiger charge is -2.32. The number of hydrogen-bond donors (Lipinski definition) is 1. The molecule has 1 N–H and O–H groups in total. The molecule has 1 amide bonds. The van der Waals surface area contributed by atoms with Crippen molar-refractivity contribution in [2.45, 2.75) is 38.9 Å². The molecule has 0 saturated carbocycles. The predicted octanol–water partition coefficient (Wildman–Crippen LogP) is 2.58. The van der Waals surface area contributed by atoms with E-state index in [1.807, 2.05) is 13.8 Å². The average Bonchev–Trinajstić information content (AvgIpc) is 2.77. The van der Waals surface area contributed by atoms with Gasteiger partial charge in [0.2, 0.25) is 5.91 Å². The van der Waals surface area contributed by atoms with Crippen molar-refractivity contribution in [2.24, 2.45) is 0 Å². The Balaban J connectivity index is 2.31. The third kappa shape index (κ3) is 2.61. The van der Waals surface area contributed by atoms with Crippen molar-refractivity contribution in [2.75, 3.05) is 6.54 Å². The minimum absolute atomic E-state index is 0.00318. The molecule has 1 atom stereocenters. The summed E-state index contributed by atoms with van der Waals surface area (Å²) in [6, 6.07) is 3.88. The van der Waals surface area contributed by atoms with Crippen LogP contribution in [-0.2, 0) is 4.79 Å². The van der Waals surface area contributed by atoms with Crippen molar-refractivity contribution >= 4 is 5.91 Å². The van der Waals surface area contributed by atoms with Gasteiger partial charge in [0.15, 0.2) is 11.6 Å².